The maximum absolute atomic E-state index is 5.13. The number of benzene rings is 6. The zero-order valence-corrected chi connectivity index (χ0v) is 27.1. The number of para-hydroxylation sites is 1. The van der Waals surface area contributed by atoms with Crippen molar-refractivity contribution in [3.05, 3.63) is 182 Å². The summed E-state index contributed by atoms with van der Waals surface area (Å²) >= 11 is 0. The Balaban J connectivity index is 1.10. The van der Waals surface area contributed by atoms with Crippen molar-refractivity contribution in [1.29, 1.82) is 0 Å². The van der Waals surface area contributed by atoms with Crippen molar-refractivity contribution in [2.75, 3.05) is 0 Å². The third-order valence-corrected chi connectivity index (χ3v) is 9.25. The van der Waals surface area contributed by atoms with Crippen LogP contribution in [0.25, 0.3) is 89.0 Å². The molecule has 0 atom stereocenters. The number of hydrogen-bond acceptors (Lipinski definition) is 4. The molecule has 0 saturated heterocycles. The summed E-state index contributed by atoms with van der Waals surface area (Å²) in [7, 11) is 0. The Morgan fingerprint density at radius 1 is 0.360 bits per heavy atom. The highest BCUT2D eigenvalue weighted by molar-refractivity contribution is 5.96. The van der Waals surface area contributed by atoms with Crippen LogP contribution in [-0.4, -0.2) is 19.9 Å². The van der Waals surface area contributed by atoms with Gasteiger partial charge in [-0.05, 0) is 62.9 Å². The molecule has 4 nitrogen and oxygen atoms in total. The second-order valence-corrected chi connectivity index (χ2v) is 12.4. The van der Waals surface area contributed by atoms with E-state index in [0.717, 1.165) is 66.8 Å². The minimum Gasteiger partial charge on any atom is -0.264 e. The fraction of sp³-hybridized carbons (Fsp3) is 0. The highest BCUT2D eigenvalue weighted by atomic mass is 14.9. The molecule has 0 amide bonds. The lowest BCUT2D eigenvalue weighted by atomic mass is 9.97. The summed E-state index contributed by atoms with van der Waals surface area (Å²) in [5.41, 5.74) is 12.5. The fourth-order valence-corrected chi connectivity index (χ4v) is 6.58. The maximum atomic E-state index is 5.13. The molecule has 50 heavy (non-hydrogen) atoms. The van der Waals surface area contributed by atoms with E-state index in [1.165, 1.54) is 16.3 Å². The van der Waals surface area contributed by atoms with Crippen LogP contribution in [-0.2, 0) is 0 Å². The molecule has 0 aliphatic rings. The molecule has 0 unspecified atom stereocenters. The van der Waals surface area contributed by atoms with Gasteiger partial charge in [0.2, 0.25) is 0 Å². The van der Waals surface area contributed by atoms with E-state index < -0.39 is 0 Å². The topological polar surface area (TPSA) is 51.6 Å². The summed E-state index contributed by atoms with van der Waals surface area (Å²) in [6, 6.07) is 57.1. The normalized spacial score (nSPS) is 11.2. The Hall–Kier alpha value is -6.78. The average molecular weight is 639 g/mol. The van der Waals surface area contributed by atoms with Crippen LogP contribution in [0.3, 0.4) is 0 Å². The second-order valence-electron chi connectivity index (χ2n) is 12.4. The van der Waals surface area contributed by atoms with E-state index in [0.29, 0.717) is 5.82 Å². The molecular formula is C46H30N4. The van der Waals surface area contributed by atoms with Crippen molar-refractivity contribution in [2.45, 2.75) is 0 Å². The molecule has 0 aliphatic carbocycles. The van der Waals surface area contributed by atoms with Crippen LogP contribution in [0.4, 0.5) is 0 Å². The van der Waals surface area contributed by atoms with E-state index >= 15 is 0 Å². The van der Waals surface area contributed by atoms with Crippen LogP contribution in [0.2, 0.25) is 0 Å². The van der Waals surface area contributed by atoms with Gasteiger partial charge in [-0.1, -0.05) is 140 Å². The van der Waals surface area contributed by atoms with Crippen LogP contribution >= 0.6 is 0 Å². The average Bonchev–Trinajstić information content (AvgIpc) is 3.21. The SMILES string of the molecule is c1cncc(-c2ccc(-c3cc(-c4ccc(-c5cnc6ccccc6c5)cc4)nc(-c4ccc(-c5cccc6ccccc56)cc4)n3)cc2)c1. The van der Waals surface area contributed by atoms with Crippen molar-refractivity contribution in [1.82, 2.24) is 19.9 Å². The molecule has 9 aromatic rings. The molecule has 234 valence electrons. The van der Waals surface area contributed by atoms with Gasteiger partial charge in [-0.2, -0.15) is 0 Å². The highest BCUT2D eigenvalue weighted by Gasteiger charge is 2.13. The standard InChI is InChI=1S/C46H30N4/c1-3-11-41-33(7-1)9-5-12-42(41)34-18-24-37(25-19-34)46-49-44(35-20-14-31(15-21-35)39-10-6-26-47-29-39)28-45(50-46)36-22-16-32(17-23-36)40-27-38-8-2-4-13-43(38)48-30-40/h1-30H. The van der Waals surface area contributed by atoms with Crippen molar-refractivity contribution < 1.29 is 0 Å². The van der Waals surface area contributed by atoms with Gasteiger partial charge < -0.3 is 0 Å². The highest BCUT2D eigenvalue weighted by Crippen LogP contribution is 2.33. The van der Waals surface area contributed by atoms with Crippen molar-refractivity contribution in [3.63, 3.8) is 0 Å². The van der Waals surface area contributed by atoms with E-state index in [-0.39, 0.29) is 0 Å². The Labute approximate surface area is 290 Å². The molecule has 0 aliphatic heterocycles. The molecule has 0 N–H and O–H groups in total. The molecule has 4 heteroatoms. The lowest BCUT2D eigenvalue weighted by molar-refractivity contribution is 1.18. The van der Waals surface area contributed by atoms with Crippen LogP contribution < -0.4 is 0 Å². The first-order valence-electron chi connectivity index (χ1n) is 16.7. The van der Waals surface area contributed by atoms with Gasteiger partial charge in [-0.15, -0.1) is 0 Å². The van der Waals surface area contributed by atoms with Crippen molar-refractivity contribution >= 4 is 21.7 Å². The molecule has 0 saturated carbocycles. The maximum Gasteiger partial charge on any atom is 0.160 e. The van der Waals surface area contributed by atoms with E-state index in [2.05, 4.69) is 149 Å². The minimum atomic E-state index is 0.682. The molecule has 0 spiro atoms. The van der Waals surface area contributed by atoms with Gasteiger partial charge in [0, 0.05) is 46.2 Å². The van der Waals surface area contributed by atoms with Gasteiger partial charge in [-0.3, -0.25) is 9.97 Å². The van der Waals surface area contributed by atoms with Gasteiger partial charge in [-0.25, -0.2) is 9.97 Å². The molecular weight excluding hydrogens is 609 g/mol. The zero-order chi connectivity index (χ0) is 33.3. The van der Waals surface area contributed by atoms with E-state index in [4.69, 9.17) is 9.97 Å². The third-order valence-electron chi connectivity index (χ3n) is 9.25. The van der Waals surface area contributed by atoms with E-state index in [9.17, 15) is 0 Å². The molecule has 3 aromatic heterocycles. The molecule has 0 fully saturated rings. The Kier molecular flexibility index (Phi) is 7.45. The Bertz CT molecular complexity index is 2610. The third kappa shape index (κ3) is 5.69. The fourth-order valence-electron chi connectivity index (χ4n) is 6.58. The largest absolute Gasteiger partial charge is 0.264 e. The summed E-state index contributed by atoms with van der Waals surface area (Å²) < 4.78 is 0. The molecule has 0 radical (unpaired) electrons. The summed E-state index contributed by atoms with van der Waals surface area (Å²) in [5, 5.41) is 3.59. The first-order valence-corrected chi connectivity index (χ1v) is 16.7. The van der Waals surface area contributed by atoms with Gasteiger partial charge in [0.1, 0.15) is 0 Å². The van der Waals surface area contributed by atoms with Crippen LogP contribution in [0, 0.1) is 0 Å². The smallest absolute Gasteiger partial charge is 0.160 e. The number of hydrogen-bond donors (Lipinski definition) is 0. The lowest BCUT2D eigenvalue weighted by Crippen LogP contribution is -1.96. The molecule has 6 aromatic carbocycles. The van der Waals surface area contributed by atoms with Crippen LogP contribution in [0.5, 0.6) is 0 Å². The van der Waals surface area contributed by atoms with Gasteiger partial charge >= 0.3 is 0 Å². The minimum absolute atomic E-state index is 0.682. The first-order chi connectivity index (χ1) is 24.7. The monoisotopic (exact) mass is 638 g/mol. The van der Waals surface area contributed by atoms with Gasteiger partial charge in [0.15, 0.2) is 5.82 Å². The number of nitrogens with zero attached hydrogens (tertiary/aromatic N) is 4. The number of fused-ring (bicyclic) bond motifs is 2. The van der Waals surface area contributed by atoms with Crippen molar-refractivity contribution in [3.8, 4) is 67.3 Å². The number of rotatable bonds is 6. The first kappa shape index (κ1) is 29.4. The summed E-state index contributed by atoms with van der Waals surface area (Å²) in [4.78, 5) is 19.2. The number of aromatic nitrogens is 4. The predicted octanol–water partition coefficient (Wildman–Crippen LogP) is 11.6. The van der Waals surface area contributed by atoms with Gasteiger partial charge in [0.25, 0.3) is 0 Å². The summed E-state index contributed by atoms with van der Waals surface area (Å²) in [6.07, 6.45) is 5.62. The molecule has 3 heterocycles. The van der Waals surface area contributed by atoms with Gasteiger partial charge in [0.05, 0.1) is 16.9 Å². The Morgan fingerprint density at radius 2 is 0.960 bits per heavy atom. The quantitative estimate of drug-likeness (QED) is 0.182. The summed E-state index contributed by atoms with van der Waals surface area (Å²) in [5.74, 6) is 0.682. The zero-order valence-electron chi connectivity index (χ0n) is 27.1. The second kappa shape index (κ2) is 12.7. The van der Waals surface area contributed by atoms with E-state index in [1.807, 2.05) is 36.7 Å². The molecule has 9 rings (SSSR count). The lowest BCUT2D eigenvalue weighted by Gasteiger charge is -2.12. The predicted molar refractivity (Wildman–Crippen MR) is 205 cm³/mol. The van der Waals surface area contributed by atoms with Crippen LogP contribution in [0.15, 0.2) is 182 Å². The van der Waals surface area contributed by atoms with E-state index in [1.54, 1.807) is 6.20 Å². The summed E-state index contributed by atoms with van der Waals surface area (Å²) in [6.45, 7) is 0. The van der Waals surface area contributed by atoms with Crippen molar-refractivity contribution in [2.24, 2.45) is 0 Å². The van der Waals surface area contributed by atoms with Crippen LogP contribution in [0.1, 0.15) is 0 Å². The molecule has 0 bridgehead atoms. The number of pyridine rings is 2. The Morgan fingerprint density at radius 3 is 1.68 bits per heavy atom.